The van der Waals surface area contributed by atoms with E-state index >= 15 is 0 Å². The largest absolute Gasteiger partial charge is 0.381 e. The summed E-state index contributed by atoms with van der Waals surface area (Å²) in [5.74, 6) is -0.174. The van der Waals surface area contributed by atoms with E-state index in [1.165, 1.54) is 0 Å². The number of aliphatic hydroxyl groups is 1. The maximum atomic E-state index is 12.0. The molecule has 0 spiro atoms. The second kappa shape index (κ2) is 5.61. The van der Waals surface area contributed by atoms with E-state index in [2.05, 4.69) is 0 Å². The van der Waals surface area contributed by atoms with E-state index < -0.39 is 6.10 Å². The zero-order valence-electron chi connectivity index (χ0n) is 10.3. The Labute approximate surface area is 107 Å². The number of Topliss-reactive ketones (excluding diaryl/α,β-unsaturated/α-hetero) is 1. The first-order valence-corrected chi connectivity index (χ1v) is 5.98. The minimum absolute atomic E-state index is 0.174. The number of aryl methyl sites for hydroxylation is 1. The molecule has 0 aliphatic carbocycles. The van der Waals surface area contributed by atoms with Crippen molar-refractivity contribution in [2.45, 2.75) is 19.4 Å². The molecule has 2 heteroatoms. The molecule has 92 valence electrons. The Bertz CT molecular complexity index is 532. The minimum Gasteiger partial charge on any atom is -0.381 e. The zero-order valence-corrected chi connectivity index (χ0v) is 10.3. The predicted molar refractivity (Wildman–Crippen MR) is 71.3 cm³/mol. The van der Waals surface area contributed by atoms with Crippen LogP contribution in [0.5, 0.6) is 0 Å². The lowest BCUT2D eigenvalue weighted by molar-refractivity contribution is -0.126. The highest BCUT2D eigenvalue weighted by Crippen LogP contribution is 2.16. The van der Waals surface area contributed by atoms with Crippen molar-refractivity contribution in [2.75, 3.05) is 0 Å². The van der Waals surface area contributed by atoms with Gasteiger partial charge in [-0.05, 0) is 18.1 Å². The lowest BCUT2D eigenvalue weighted by Crippen LogP contribution is -2.14. The van der Waals surface area contributed by atoms with Crippen molar-refractivity contribution in [3.05, 3.63) is 71.3 Å². The van der Waals surface area contributed by atoms with Gasteiger partial charge in [0.2, 0.25) is 0 Å². The summed E-state index contributed by atoms with van der Waals surface area (Å²) in [6.07, 6.45) is -0.774. The van der Waals surface area contributed by atoms with Crippen LogP contribution < -0.4 is 0 Å². The molecule has 0 fully saturated rings. The standard InChI is InChI=1S/C16H16O2/c1-12-6-5-7-13(10-12)11-15(17)16(18)14-8-3-2-4-9-14/h2-10,16,18H,11H2,1H3. The van der Waals surface area contributed by atoms with Gasteiger partial charge in [-0.25, -0.2) is 0 Å². The van der Waals surface area contributed by atoms with Gasteiger partial charge in [0.1, 0.15) is 6.10 Å². The third-order valence-corrected chi connectivity index (χ3v) is 2.88. The van der Waals surface area contributed by atoms with Crippen molar-refractivity contribution in [3.63, 3.8) is 0 Å². The Morgan fingerprint density at radius 1 is 1.11 bits per heavy atom. The van der Waals surface area contributed by atoms with Crippen molar-refractivity contribution in [3.8, 4) is 0 Å². The Hall–Kier alpha value is -1.93. The average molecular weight is 240 g/mol. The van der Waals surface area contributed by atoms with Crippen molar-refractivity contribution >= 4 is 5.78 Å². The molecule has 0 bridgehead atoms. The lowest BCUT2D eigenvalue weighted by Gasteiger charge is -2.10. The average Bonchev–Trinajstić information content (AvgIpc) is 2.39. The first kappa shape index (κ1) is 12.5. The van der Waals surface area contributed by atoms with Crippen LogP contribution in [0.3, 0.4) is 0 Å². The molecule has 1 unspecified atom stereocenters. The third-order valence-electron chi connectivity index (χ3n) is 2.88. The van der Waals surface area contributed by atoms with E-state index in [-0.39, 0.29) is 12.2 Å². The Balaban J connectivity index is 2.09. The van der Waals surface area contributed by atoms with Crippen molar-refractivity contribution in [2.24, 2.45) is 0 Å². The molecule has 0 aromatic heterocycles. The van der Waals surface area contributed by atoms with Crippen molar-refractivity contribution in [1.29, 1.82) is 0 Å². The highest BCUT2D eigenvalue weighted by Gasteiger charge is 2.17. The van der Waals surface area contributed by atoms with Gasteiger partial charge in [-0.2, -0.15) is 0 Å². The summed E-state index contributed by atoms with van der Waals surface area (Å²) in [4.78, 5) is 12.0. The molecule has 0 saturated carbocycles. The molecule has 2 aromatic rings. The van der Waals surface area contributed by atoms with Gasteiger partial charge < -0.3 is 5.11 Å². The zero-order chi connectivity index (χ0) is 13.0. The van der Waals surface area contributed by atoms with E-state index in [1.807, 2.05) is 49.4 Å². The fourth-order valence-electron chi connectivity index (χ4n) is 1.94. The number of ketones is 1. The molecule has 0 heterocycles. The van der Waals surface area contributed by atoms with Gasteiger partial charge in [0, 0.05) is 6.42 Å². The molecule has 18 heavy (non-hydrogen) atoms. The summed E-state index contributed by atoms with van der Waals surface area (Å²) < 4.78 is 0. The summed E-state index contributed by atoms with van der Waals surface area (Å²) in [5, 5.41) is 9.97. The first-order valence-electron chi connectivity index (χ1n) is 5.98. The summed E-state index contributed by atoms with van der Waals surface area (Å²) >= 11 is 0. The number of aliphatic hydroxyl groups excluding tert-OH is 1. The maximum absolute atomic E-state index is 12.0. The predicted octanol–water partition coefficient (Wildman–Crippen LogP) is 2.84. The van der Waals surface area contributed by atoms with Crippen LogP contribution in [0.15, 0.2) is 54.6 Å². The summed E-state index contributed by atoms with van der Waals surface area (Å²) in [7, 11) is 0. The summed E-state index contributed by atoms with van der Waals surface area (Å²) in [6.45, 7) is 1.99. The Kier molecular flexibility index (Phi) is 3.90. The minimum atomic E-state index is -1.04. The number of carbonyl (C=O) groups excluding carboxylic acids is 1. The second-order valence-electron chi connectivity index (χ2n) is 4.45. The second-order valence-corrected chi connectivity index (χ2v) is 4.45. The molecule has 0 radical (unpaired) electrons. The van der Waals surface area contributed by atoms with E-state index in [4.69, 9.17) is 0 Å². The van der Waals surface area contributed by atoms with Gasteiger partial charge in [0.05, 0.1) is 0 Å². The molecule has 2 rings (SSSR count). The van der Waals surface area contributed by atoms with Crippen molar-refractivity contribution in [1.82, 2.24) is 0 Å². The SMILES string of the molecule is Cc1cccc(CC(=O)C(O)c2ccccc2)c1. The highest BCUT2D eigenvalue weighted by atomic mass is 16.3. The van der Waals surface area contributed by atoms with Crippen LogP contribution in [0.1, 0.15) is 22.8 Å². The first-order chi connectivity index (χ1) is 8.66. The molecular formula is C16H16O2. The fraction of sp³-hybridized carbons (Fsp3) is 0.188. The smallest absolute Gasteiger partial charge is 0.170 e. The van der Waals surface area contributed by atoms with Crippen LogP contribution in [-0.2, 0) is 11.2 Å². The Morgan fingerprint density at radius 2 is 1.83 bits per heavy atom. The molecule has 0 saturated heterocycles. The summed E-state index contributed by atoms with van der Waals surface area (Å²) in [5.41, 5.74) is 2.71. The molecule has 2 aromatic carbocycles. The van der Waals surface area contributed by atoms with Crippen molar-refractivity contribution < 1.29 is 9.90 Å². The number of hydrogen-bond donors (Lipinski definition) is 1. The van der Waals surface area contributed by atoms with Crippen LogP contribution in [0, 0.1) is 6.92 Å². The molecule has 0 aliphatic rings. The van der Waals surface area contributed by atoms with Gasteiger partial charge in [0.15, 0.2) is 5.78 Å². The van der Waals surface area contributed by atoms with E-state index in [0.717, 1.165) is 11.1 Å². The van der Waals surface area contributed by atoms with E-state index in [0.29, 0.717) is 5.56 Å². The van der Waals surface area contributed by atoms with E-state index in [1.54, 1.807) is 12.1 Å². The summed E-state index contributed by atoms with van der Waals surface area (Å²) in [6, 6.07) is 16.8. The highest BCUT2D eigenvalue weighted by molar-refractivity contribution is 5.86. The van der Waals surface area contributed by atoms with Gasteiger partial charge in [-0.1, -0.05) is 60.2 Å². The van der Waals surface area contributed by atoms with Gasteiger partial charge >= 0.3 is 0 Å². The molecule has 0 amide bonds. The maximum Gasteiger partial charge on any atom is 0.170 e. The monoisotopic (exact) mass is 240 g/mol. The number of hydrogen-bond acceptors (Lipinski definition) is 2. The van der Waals surface area contributed by atoms with Crippen LogP contribution in [-0.4, -0.2) is 10.9 Å². The van der Waals surface area contributed by atoms with Crippen LogP contribution in [0.4, 0.5) is 0 Å². The van der Waals surface area contributed by atoms with Crippen LogP contribution in [0.25, 0.3) is 0 Å². The van der Waals surface area contributed by atoms with Gasteiger partial charge in [-0.15, -0.1) is 0 Å². The molecule has 2 nitrogen and oxygen atoms in total. The number of rotatable bonds is 4. The van der Waals surface area contributed by atoms with Crippen LogP contribution in [0.2, 0.25) is 0 Å². The van der Waals surface area contributed by atoms with E-state index in [9.17, 15) is 9.90 Å². The van der Waals surface area contributed by atoms with Gasteiger partial charge in [0.25, 0.3) is 0 Å². The van der Waals surface area contributed by atoms with Crippen LogP contribution >= 0.6 is 0 Å². The topological polar surface area (TPSA) is 37.3 Å². The fourth-order valence-corrected chi connectivity index (χ4v) is 1.94. The quantitative estimate of drug-likeness (QED) is 0.892. The molecule has 1 N–H and O–H groups in total. The Morgan fingerprint density at radius 3 is 2.50 bits per heavy atom. The third kappa shape index (κ3) is 3.05. The molecule has 1 atom stereocenters. The van der Waals surface area contributed by atoms with Gasteiger partial charge in [-0.3, -0.25) is 4.79 Å². The molecular weight excluding hydrogens is 224 g/mol. The lowest BCUT2D eigenvalue weighted by atomic mass is 9.99. The number of carbonyl (C=O) groups is 1. The normalized spacial score (nSPS) is 12.1. The molecule has 0 aliphatic heterocycles. The number of benzene rings is 2.